The highest BCUT2D eigenvalue weighted by atomic mass is 35.5. The van der Waals surface area contributed by atoms with Gasteiger partial charge in [0.2, 0.25) is 5.95 Å². The van der Waals surface area contributed by atoms with Crippen LogP contribution in [0.3, 0.4) is 0 Å². The molecule has 3 aromatic heterocycles. The van der Waals surface area contributed by atoms with E-state index < -0.39 is 11.5 Å². The minimum Gasteiger partial charge on any atom is -0.493 e. The van der Waals surface area contributed by atoms with Crippen LogP contribution in [0.15, 0.2) is 42.9 Å². The second-order valence-electron chi connectivity index (χ2n) is 9.00. The molecule has 0 spiro atoms. The van der Waals surface area contributed by atoms with Gasteiger partial charge >= 0.3 is 0 Å². The Labute approximate surface area is 194 Å². The standard InChI is InChI=1S/C24H22ClFN4O3/c1-24(2,32)12-30-10-18(16-8-27-19(7-20(16)30)17-9-28-29-23(17)26)22(31)14-5-13-6-15(25)3-4-21(13)33-11-14/h3-4,6-10,14,32H,5,11-12H2,1-2H3,(H,28,29)/t14-/m0/s1. The van der Waals surface area contributed by atoms with E-state index in [-0.39, 0.29) is 30.4 Å². The smallest absolute Gasteiger partial charge is 0.218 e. The Morgan fingerprint density at radius 2 is 2.18 bits per heavy atom. The number of aromatic amines is 1. The van der Waals surface area contributed by atoms with E-state index in [2.05, 4.69) is 15.2 Å². The average Bonchev–Trinajstić information content (AvgIpc) is 3.34. The van der Waals surface area contributed by atoms with Crippen molar-refractivity contribution in [3.63, 3.8) is 0 Å². The summed E-state index contributed by atoms with van der Waals surface area (Å²) in [4.78, 5) is 17.9. The van der Waals surface area contributed by atoms with Crippen LogP contribution < -0.4 is 4.74 Å². The number of fused-ring (bicyclic) bond motifs is 2. The zero-order valence-corrected chi connectivity index (χ0v) is 18.9. The van der Waals surface area contributed by atoms with Gasteiger partial charge in [-0.15, -0.1) is 0 Å². The summed E-state index contributed by atoms with van der Waals surface area (Å²) in [6.45, 7) is 3.88. The molecule has 0 fully saturated rings. The van der Waals surface area contributed by atoms with Crippen molar-refractivity contribution in [2.75, 3.05) is 6.61 Å². The van der Waals surface area contributed by atoms with Crippen molar-refractivity contribution in [2.24, 2.45) is 5.92 Å². The van der Waals surface area contributed by atoms with Crippen molar-refractivity contribution in [1.29, 1.82) is 0 Å². The van der Waals surface area contributed by atoms with Crippen molar-refractivity contribution in [1.82, 2.24) is 19.7 Å². The van der Waals surface area contributed by atoms with E-state index in [4.69, 9.17) is 16.3 Å². The summed E-state index contributed by atoms with van der Waals surface area (Å²) in [7, 11) is 0. The summed E-state index contributed by atoms with van der Waals surface area (Å²) < 4.78 is 21.7. The third-order valence-corrected chi connectivity index (χ3v) is 5.99. The summed E-state index contributed by atoms with van der Waals surface area (Å²) in [6, 6.07) is 7.10. The molecule has 9 heteroatoms. The van der Waals surface area contributed by atoms with Crippen LogP contribution >= 0.6 is 11.6 Å². The van der Waals surface area contributed by atoms with Crippen LogP contribution in [0.5, 0.6) is 5.75 Å². The van der Waals surface area contributed by atoms with Gasteiger partial charge in [-0.05, 0) is 50.1 Å². The number of ketones is 1. The molecule has 1 aromatic carbocycles. The molecule has 170 valence electrons. The zero-order chi connectivity index (χ0) is 23.3. The molecule has 0 saturated carbocycles. The SMILES string of the molecule is CC(C)(O)Cn1cc(C(=O)[C@@H]2COc3ccc(Cl)cc3C2)c2cnc(-c3cn[nH]c3F)cc21. The number of pyridine rings is 1. The van der Waals surface area contributed by atoms with Gasteiger partial charge in [0.25, 0.3) is 0 Å². The van der Waals surface area contributed by atoms with Crippen LogP contribution in [0.25, 0.3) is 22.2 Å². The Hall–Kier alpha value is -3.23. The summed E-state index contributed by atoms with van der Waals surface area (Å²) in [5.74, 6) is -0.316. The zero-order valence-electron chi connectivity index (χ0n) is 18.1. The molecule has 1 aliphatic heterocycles. The van der Waals surface area contributed by atoms with Gasteiger partial charge in [0.1, 0.15) is 5.75 Å². The number of ether oxygens (including phenoxy) is 1. The lowest BCUT2D eigenvalue weighted by molar-refractivity contribution is 0.0626. The van der Waals surface area contributed by atoms with Crippen molar-refractivity contribution < 1.29 is 19.0 Å². The van der Waals surface area contributed by atoms with E-state index >= 15 is 0 Å². The maximum absolute atomic E-state index is 14.1. The molecular weight excluding hydrogens is 447 g/mol. The lowest BCUT2D eigenvalue weighted by Crippen LogP contribution is -2.28. The van der Waals surface area contributed by atoms with Gasteiger partial charge in [0.15, 0.2) is 5.78 Å². The van der Waals surface area contributed by atoms with Gasteiger partial charge in [-0.25, -0.2) is 0 Å². The molecule has 4 heterocycles. The molecule has 0 bridgehead atoms. The topological polar surface area (TPSA) is 93.0 Å². The number of carbonyl (C=O) groups is 1. The third kappa shape index (κ3) is 4.12. The number of nitrogens with one attached hydrogen (secondary N) is 1. The molecule has 1 atom stereocenters. The number of aromatic nitrogens is 4. The molecule has 2 N–H and O–H groups in total. The summed E-state index contributed by atoms with van der Waals surface area (Å²) in [6.07, 6.45) is 5.18. The summed E-state index contributed by atoms with van der Waals surface area (Å²) >= 11 is 6.12. The molecular formula is C24H22ClFN4O3. The highest BCUT2D eigenvalue weighted by Gasteiger charge is 2.30. The first-order chi connectivity index (χ1) is 15.7. The average molecular weight is 469 g/mol. The number of hydrogen-bond donors (Lipinski definition) is 2. The van der Waals surface area contributed by atoms with Crippen molar-refractivity contribution in [3.8, 4) is 17.0 Å². The van der Waals surface area contributed by atoms with Gasteiger partial charge < -0.3 is 14.4 Å². The highest BCUT2D eigenvalue weighted by molar-refractivity contribution is 6.30. The fourth-order valence-corrected chi connectivity index (χ4v) is 4.47. The Bertz CT molecular complexity index is 1370. The van der Waals surface area contributed by atoms with Gasteiger partial charge in [-0.2, -0.15) is 9.49 Å². The molecule has 5 rings (SSSR count). The number of benzene rings is 1. The maximum atomic E-state index is 14.1. The lowest BCUT2D eigenvalue weighted by Gasteiger charge is -2.24. The minimum atomic E-state index is -1.03. The molecule has 7 nitrogen and oxygen atoms in total. The Morgan fingerprint density at radius 3 is 2.91 bits per heavy atom. The number of halogens is 2. The number of H-pyrrole nitrogens is 1. The van der Waals surface area contributed by atoms with E-state index in [1.165, 1.54) is 6.20 Å². The number of aliphatic hydroxyl groups is 1. The van der Waals surface area contributed by atoms with Crippen LogP contribution in [-0.2, 0) is 13.0 Å². The Morgan fingerprint density at radius 1 is 1.36 bits per heavy atom. The summed E-state index contributed by atoms with van der Waals surface area (Å²) in [5, 5.41) is 17.6. The molecule has 0 amide bonds. The van der Waals surface area contributed by atoms with E-state index in [0.29, 0.717) is 33.6 Å². The van der Waals surface area contributed by atoms with Crippen LogP contribution in [-0.4, -0.2) is 42.8 Å². The fourth-order valence-electron chi connectivity index (χ4n) is 4.28. The van der Waals surface area contributed by atoms with Crippen molar-refractivity contribution in [3.05, 3.63) is 65.0 Å². The number of carbonyl (C=O) groups excluding carboxylic acids is 1. The normalized spacial score (nSPS) is 16.0. The molecule has 4 aromatic rings. The highest BCUT2D eigenvalue weighted by Crippen LogP contribution is 2.34. The van der Waals surface area contributed by atoms with Crippen molar-refractivity contribution in [2.45, 2.75) is 32.4 Å². The molecule has 33 heavy (non-hydrogen) atoms. The first-order valence-corrected chi connectivity index (χ1v) is 10.9. The molecule has 0 aliphatic carbocycles. The second-order valence-corrected chi connectivity index (χ2v) is 9.43. The second kappa shape index (κ2) is 7.97. The largest absolute Gasteiger partial charge is 0.493 e. The summed E-state index contributed by atoms with van der Waals surface area (Å²) in [5.41, 5.74) is 1.64. The predicted molar refractivity (Wildman–Crippen MR) is 122 cm³/mol. The molecule has 1 aliphatic rings. The monoisotopic (exact) mass is 468 g/mol. The van der Waals surface area contributed by atoms with Crippen LogP contribution in [0.1, 0.15) is 29.8 Å². The first kappa shape index (κ1) is 21.6. The minimum absolute atomic E-state index is 0.0795. The fraction of sp³-hybridized carbons (Fsp3) is 0.292. The van der Waals surface area contributed by atoms with E-state index in [0.717, 1.165) is 11.3 Å². The van der Waals surface area contributed by atoms with Gasteiger partial charge in [-0.1, -0.05) is 11.6 Å². The van der Waals surface area contributed by atoms with Gasteiger partial charge in [-0.3, -0.25) is 14.9 Å². The molecule has 0 saturated heterocycles. The Balaban J connectivity index is 1.56. The third-order valence-electron chi connectivity index (χ3n) is 5.76. The number of rotatable bonds is 5. The predicted octanol–water partition coefficient (Wildman–Crippen LogP) is 4.42. The molecule has 0 radical (unpaired) electrons. The number of hydrogen-bond acceptors (Lipinski definition) is 5. The number of nitrogens with zero attached hydrogens (tertiary/aromatic N) is 3. The van der Waals surface area contributed by atoms with E-state index in [1.807, 2.05) is 12.1 Å². The quantitative estimate of drug-likeness (QED) is 0.423. The molecule has 0 unspecified atom stereocenters. The van der Waals surface area contributed by atoms with E-state index in [1.54, 1.807) is 42.9 Å². The van der Waals surface area contributed by atoms with Crippen LogP contribution in [0.2, 0.25) is 5.02 Å². The van der Waals surface area contributed by atoms with Crippen LogP contribution in [0, 0.1) is 11.9 Å². The number of Topliss-reactive ketones (excluding diaryl/α,β-unsaturated/α-hetero) is 1. The first-order valence-electron chi connectivity index (χ1n) is 10.6. The van der Waals surface area contributed by atoms with Crippen molar-refractivity contribution >= 4 is 28.3 Å². The Kier molecular flexibility index (Phi) is 5.22. The lowest BCUT2D eigenvalue weighted by atomic mass is 9.90. The van der Waals surface area contributed by atoms with Gasteiger partial charge in [0, 0.05) is 28.4 Å². The van der Waals surface area contributed by atoms with Gasteiger partial charge in [0.05, 0.1) is 47.6 Å². The van der Waals surface area contributed by atoms with Crippen LogP contribution in [0.4, 0.5) is 4.39 Å². The van der Waals surface area contributed by atoms with E-state index in [9.17, 15) is 14.3 Å². The maximum Gasteiger partial charge on any atom is 0.218 e.